The molecule has 0 N–H and O–H groups in total. The molecule has 0 radical (unpaired) electrons. The molecule has 0 bridgehead atoms. The van der Waals surface area contributed by atoms with E-state index >= 15 is 0 Å². The number of anilines is 1. The molecule has 0 aromatic heterocycles. The minimum atomic E-state index is -4.68. The minimum Gasteiger partial charge on any atom is -0.340 e. The summed E-state index contributed by atoms with van der Waals surface area (Å²) in [5.74, 6) is -0.402. The zero-order valence-electron chi connectivity index (χ0n) is 11.1. The topological polar surface area (TPSA) is 47.3 Å². The molecule has 1 aromatic carbocycles. The number of hydrogen-bond acceptors (Lipinski definition) is 3. The molecule has 1 atom stereocenters. The maximum Gasteiger partial charge on any atom is 0.417 e. The Morgan fingerprint density at radius 3 is 2.43 bits per heavy atom. The molecule has 4 nitrogen and oxygen atoms in total. The largest absolute Gasteiger partial charge is 0.417 e. The molecule has 1 aliphatic rings. The molecule has 0 spiro atoms. The summed E-state index contributed by atoms with van der Waals surface area (Å²) in [6.45, 7) is 1.61. The number of nitriles is 1. The highest BCUT2D eigenvalue weighted by Crippen LogP contribution is 2.35. The van der Waals surface area contributed by atoms with Crippen molar-refractivity contribution >= 4 is 28.9 Å². The van der Waals surface area contributed by atoms with Gasteiger partial charge in [-0.05, 0) is 37.3 Å². The van der Waals surface area contributed by atoms with Gasteiger partial charge in [0.1, 0.15) is 6.04 Å². The third-order valence-corrected chi connectivity index (χ3v) is 3.81. The molecule has 21 heavy (non-hydrogen) atoms. The molecule has 2 rings (SSSR count). The number of thiocarbonyl (C=S) groups is 1. The number of alkyl halides is 3. The predicted molar refractivity (Wildman–Crippen MR) is 73.5 cm³/mol. The molecule has 0 saturated carbocycles. The van der Waals surface area contributed by atoms with Gasteiger partial charge in [0.15, 0.2) is 5.11 Å². The van der Waals surface area contributed by atoms with Crippen LogP contribution >= 0.6 is 12.2 Å². The van der Waals surface area contributed by atoms with E-state index in [2.05, 4.69) is 0 Å². The zero-order valence-corrected chi connectivity index (χ0v) is 11.9. The Bertz CT molecular complexity index is 646. The van der Waals surface area contributed by atoms with Crippen molar-refractivity contribution in [3.05, 3.63) is 29.3 Å². The predicted octanol–water partition coefficient (Wildman–Crippen LogP) is 2.53. The molecular formula is C13H10F3N3OS. The molecule has 1 unspecified atom stereocenters. The number of benzene rings is 1. The van der Waals surface area contributed by atoms with Gasteiger partial charge in [0, 0.05) is 7.05 Å². The summed E-state index contributed by atoms with van der Waals surface area (Å²) in [6, 6.07) is 4.05. The number of hydrogen-bond donors (Lipinski definition) is 0. The van der Waals surface area contributed by atoms with E-state index in [0.29, 0.717) is 0 Å². The molecule has 8 heteroatoms. The number of amides is 1. The quantitative estimate of drug-likeness (QED) is 0.748. The summed E-state index contributed by atoms with van der Waals surface area (Å²) in [6.07, 6.45) is -4.68. The van der Waals surface area contributed by atoms with Crippen LogP contribution in [0.3, 0.4) is 0 Å². The highest BCUT2D eigenvalue weighted by Gasteiger charge is 2.40. The van der Waals surface area contributed by atoms with Gasteiger partial charge in [0.2, 0.25) is 0 Å². The number of likely N-dealkylation sites (N-methyl/N-ethyl adjacent to an activating group) is 1. The second-order valence-electron chi connectivity index (χ2n) is 4.58. The molecule has 1 amide bonds. The summed E-state index contributed by atoms with van der Waals surface area (Å²) in [5.41, 5.74) is -1.57. The minimum absolute atomic E-state index is 0.00697. The van der Waals surface area contributed by atoms with Gasteiger partial charge in [-0.2, -0.15) is 18.4 Å². The third-order valence-electron chi connectivity index (χ3n) is 3.34. The standard InChI is InChI=1S/C13H10F3N3OS/c1-7-11(20)19(12(21)18(7)2)9-4-3-8(6-17)10(5-9)13(14,15)16/h3-5,7H,1-2H3. The normalized spacial score (nSPS) is 19.1. The van der Waals surface area contributed by atoms with Crippen molar-refractivity contribution in [2.24, 2.45) is 0 Å². The molecule has 0 aliphatic carbocycles. The average molecular weight is 313 g/mol. The Hall–Kier alpha value is -2.14. The number of halogens is 3. The fraction of sp³-hybridized carbons (Fsp3) is 0.308. The Kier molecular flexibility index (Phi) is 3.63. The maximum atomic E-state index is 13.0. The smallest absolute Gasteiger partial charge is 0.340 e. The SMILES string of the molecule is CC1C(=O)N(c2ccc(C#N)c(C(F)(F)F)c2)C(=S)N1C. The van der Waals surface area contributed by atoms with Crippen LogP contribution in [0.1, 0.15) is 18.1 Å². The Balaban J connectivity index is 2.55. The van der Waals surface area contributed by atoms with Gasteiger partial charge in [0.05, 0.1) is 22.9 Å². The number of carbonyl (C=O) groups excluding carboxylic acids is 1. The van der Waals surface area contributed by atoms with Gasteiger partial charge in [0.25, 0.3) is 5.91 Å². The van der Waals surface area contributed by atoms with Crippen LogP contribution in [-0.2, 0) is 11.0 Å². The number of rotatable bonds is 1. The van der Waals surface area contributed by atoms with Crippen LogP contribution in [0.25, 0.3) is 0 Å². The van der Waals surface area contributed by atoms with Crippen LogP contribution in [0.5, 0.6) is 0 Å². The monoisotopic (exact) mass is 313 g/mol. The van der Waals surface area contributed by atoms with Crippen LogP contribution in [0.2, 0.25) is 0 Å². The first kappa shape index (κ1) is 15.3. The van der Waals surface area contributed by atoms with E-state index in [1.165, 1.54) is 17.0 Å². The summed E-state index contributed by atoms with van der Waals surface area (Å²) in [4.78, 5) is 14.6. The molecule has 1 aliphatic heterocycles. The summed E-state index contributed by atoms with van der Waals surface area (Å²) in [5, 5.41) is 8.89. The van der Waals surface area contributed by atoms with Crippen molar-refractivity contribution in [1.29, 1.82) is 5.26 Å². The first-order chi connectivity index (χ1) is 9.68. The summed E-state index contributed by atoms with van der Waals surface area (Å²) in [7, 11) is 1.60. The Labute approximate surface area is 124 Å². The molecule has 1 fully saturated rings. The lowest BCUT2D eigenvalue weighted by atomic mass is 10.1. The van der Waals surface area contributed by atoms with Crippen LogP contribution in [-0.4, -0.2) is 29.0 Å². The molecule has 1 heterocycles. The van der Waals surface area contributed by atoms with E-state index in [9.17, 15) is 18.0 Å². The first-order valence-electron chi connectivity index (χ1n) is 5.90. The fourth-order valence-electron chi connectivity index (χ4n) is 2.01. The van der Waals surface area contributed by atoms with Gasteiger partial charge in [-0.1, -0.05) is 0 Å². The molecular weight excluding hydrogens is 303 g/mol. The van der Waals surface area contributed by atoms with E-state index < -0.39 is 29.3 Å². The first-order valence-corrected chi connectivity index (χ1v) is 6.31. The zero-order chi connectivity index (χ0) is 15.9. The van der Waals surface area contributed by atoms with Crippen LogP contribution in [0.4, 0.5) is 18.9 Å². The van der Waals surface area contributed by atoms with Crippen molar-refractivity contribution in [3.63, 3.8) is 0 Å². The second-order valence-corrected chi connectivity index (χ2v) is 4.95. The Morgan fingerprint density at radius 2 is 2.00 bits per heavy atom. The van der Waals surface area contributed by atoms with Crippen molar-refractivity contribution in [3.8, 4) is 6.07 Å². The van der Waals surface area contributed by atoms with Crippen LogP contribution in [0.15, 0.2) is 18.2 Å². The third kappa shape index (κ3) is 2.45. The van der Waals surface area contributed by atoms with Gasteiger partial charge >= 0.3 is 6.18 Å². The van der Waals surface area contributed by atoms with E-state index in [-0.39, 0.29) is 10.8 Å². The highest BCUT2D eigenvalue weighted by atomic mass is 32.1. The fourth-order valence-corrected chi connectivity index (χ4v) is 2.36. The van der Waals surface area contributed by atoms with Crippen molar-refractivity contribution in [1.82, 2.24) is 4.90 Å². The summed E-state index contributed by atoms with van der Waals surface area (Å²) < 4.78 is 38.9. The number of carbonyl (C=O) groups is 1. The van der Waals surface area contributed by atoms with Gasteiger partial charge in [-0.3, -0.25) is 9.69 Å². The number of nitrogens with zero attached hydrogens (tertiary/aromatic N) is 3. The van der Waals surface area contributed by atoms with Crippen molar-refractivity contribution < 1.29 is 18.0 Å². The van der Waals surface area contributed by atoms with Gasteiger partial charge < -0.3 is 4.90 Å². The lowest BCUT2D eigenvalue weighted by Gasteiger charge is -2.19. The van der Waals surface area contributed by atoms with Crippen LogP contribution in [0, 0.1) is 11.3 Å². The summed E-state index contributed by atoms with van der Waals surface area (Å²) >= 11 is 5.08. The lowest BCUT2D eigenvalue weighted by molar-refractivity contribution is -0.137. The van der Waals surface area contributed by atoms with Gasteiger partial charge in [-0.15, -0.1) is 0 Å². The average Bonchev–Trinajstić information content (AvgIpc) is 2.61. The Morgan fingerprint density at radius 1 is 1.38 bits per heavy atom. The lowest BCUT2D eigenvalue weighted by Crippen LogP contribution is -2.31. The van der Waals surface area contributed by atoms with Crippen molar-refractivity contribution in [2.75, 3.05) is 11.9 Å². The van der Waals surface area contributed by atoms with E-state index in [0.717, 1.165) is 17.0 Å². The van der Waals surface area contributed by atoms with E-state index in [4.69, 9.17) is 17.5 Å². The molecule has 110 valence electrons. The molecule has 1 saturated heterocycles. The second kappa shape index (κ2) is 5.00. The van der Waals surface area contributed by atoms with Gasteiger partial charge in [-0.25, -0.2) is 0 Å². The maximum absolute atomic E-state index is 13.0. The highest BCUT2D eigenvalue weighted by molar-refractivity contribution is 7.80. The van der Waals surface area contributed by atoms with Crippen LogP contribution < -0.4 is 4.90 Å². The van der Waals surface area contributed by atoms with E-state index in [1.54, 1.807) is 14.0 Å². The van der Waals surface area contributed by atoms with E-state index in [1.807, 2.05) is 0 Å². The molecule has 1 aromatic rings. The van der Waals surface area contributed by atoms with Crippen molar-refractivity contribution in [2.45, 2.75) is 19.1 Å².